The molecule has 30 heavy (non-hydrogen) atoms. The number of benzene rings is 2. The van der Waals surface area contributed by atoms with Crippen LogP contribution in [0.4, 0.5) is 0 Å². The first-order valence-electron chi connectivity index (χ1n) is 12.2. The zero-order chi connectivity index (χ0) is 21.3. The highest BCUT2D eigenvalue weighted by molar-refractivity contribution is 7.43. The molecule has 1 heteroatoms. The van der Waals surface area contributed by atoms with Crippen LogP contribution < -0.4 is 0 Å². The first-order valence-corrected chi connectivity index (χ1v) is 13.4. The number of hydrogen-bond acceptors (Lipinski definition) is 0. The monoisotopic (exact) mass is 421 g/mol. The Morgan fingerprint density at radius 1 is 0.700 bits per heavy atom. The molecule has 0 spiro atoms. The summed E-state index contributed by atoms with van der Waals surface area (Å²) in [5.74, 6) is 2.55. The van der Waals surface area contributed by atoms with Crippen LogP contribution in [0.25, 0.3) is 15.0 Å². The van der Waals surface area contributed by atoms with Crippen molar-refractivity contribution in [2.45, 2.75) is 79.1 Å². The quantitative estimate of drug-likeness (QED) is 0.201. The molecule has 0 saturated heterocycles. The van der Waals surface area contributed by atoms with Crippen molar-refractivity contribution in [1.29, 1.82) is 0 Å². The molecule has 1 aromatic heterocycles. The highest BCUT2D eigenvalue weighted by Gasteiger charge is 2.15. The zero-order valence-corrected chi connectivity index (χ0v) is 20.4. The van der Waals surface area contributed by atoms with E-state index in [0.717, 1.165) is 17.8 Å². The van der Waals surface area contributed by atoms with Crippen molar-refractivity contribution in [3.63, 3.8) is 0 Å². The summed E-state index contributed by atoms with van der Waals surface area (Å²) >= 11 is 0. The second kappa shape index (κ2) is 11.7. The average molecular weight is 422 g/mol. The molecule has 3 rings (SSSR count). The Morgan fingerprint density at radius 2 is 1.37 bits per heavy atom. The lowest BCUT2D eigenvalue weighted by molar-refractivity contribution is 0.275. The van der Waals surface area contributed by atoms with Crippen molar-refractivity contribution in [2.75, 3.05) is 0 Å². The van der Waals surface area contributed by atoms with Crippen LogP contribution in [0.15, 0.2) is 60.0 Å². The van der Waals surface area contributed by atoms with Crippen molar-refractivity contribution >= 4 is 20.6 Å². The van der Waals surface area contributed by atoms with Gasteiger partial charge in [0.25, 0.3) is 0 Å². The minimum absolute atomic E-state index is 0.124. The minimum Gasteiger partial charge on any atom is -0.0625 e. The normalized spacial score (nSPS) is 14.4. The van der Waals surface area contributed by atoms with Gasteiger partial charge in [-0.3, -0.25) is 0 Å². The molecule has 0 fully saturated rings. The molecular weight excluding hydrogens is 380 g/mol. The summed E-state index contributed by atoms with van der Waals surface area (Å²) in [4.78, 5) is 1.45. The molecule has 0 aliphatic heterocycles. The lowest BCUT2D eigenvalue weighted by Gasteiger charge is -2.23. The Morgan fingerprint density at radius 3 is 2.10 bits per heavy atom. The van der Waals surface area contributed by atoms with E-state index in [0.29, 0.717) is 0 Å². The van der Waals surface area contributed by atoms with Gasteiger partial charge in [-0.25, -0.2) is 0 Å². The van der Waals surface area contributed by atoms with Gasteiger partial charge in [-0.2, -0.15) is 0 Å². The predicted molar refractivity (Wildman–Crippen MR) is 137 cm³/mol. The second-order valence-corrected chi connectivity index (χ2v) is 11.4. The van der Waals surface area contributed by atoms with E-state index >= 15 is 0 Å². The Balaban J connectivity index is 1.32. The van der Waals surface area contributed by atoms with Crippen LogP contribution in [0, 0.1) is 17.8 Å². The fraction of sp³-hybridized carbons (Fsp3) is 0.517. The molecule has 3 unspecified atom stereocenters. The molecule has 0 aliphatic rings. The van der Waals surface area contributed by atoms with Gasteiger partial charge in [0.05, 0.1) is 0 Å². The SMILES string of the molecule is CC(C)C(C)C(C)CCCCCCCCc1ccc(-[s+]2ccc3ccccc32)cc1. The standard InChI is InChI=1S/C29H41S/c1-23(2)25(4)24(3)13-9-7-5-6-8-10-14-26-17-19-28(20-18-26)30-22-21-27-15-11-12-16-29(27)30/h11-12,15-25H,5-10,13-14H2,1-4H3/q+1. The van der Waals surface area contributed by atoms with Gasteiger partial charge in [0.1, 0.15) is 5.38 Å². The average Bonchev–Trinajstić information content (AvgIpc) is 3.19. The van der Waals surface area contributed by atoms with Crippen LogP contribution >= 0.6 is 10.5 Å². The van der Waals surface area contributed by atoms with E-state index in [2.05, 4.69) is 87.7 Å². The highest BCUT2D eigenvalue weighted by Crippen LogP contribution is 2.39. The summed E-state index contributed by atoms with van der Waals surface area (Å²) in [5.41, 5.74) is 1.50. The molecule has 3 aromatic rings. The van der Waals surface area contributed by atoms with E-state index in [1.807, 2.05) is 0 Å². The van der Waals surface area contributed by atoms with E-state index < -0.39 is 0 Å². The topological polar surface area (TPSA) is 0 Å². The highest BCUT2D eigenvalue weighted by atomic mass is 32.2. The summed E-state index contributed by atoms with van der Waals surface area (Å²) in [7, 11) is 0.124. The molecule has 0 saturated carbocycles. The summed E-state index contributed by atoms with van der Waals surface area (Å²) < 4.78 is 1.47. The van der Waals surface area contributed by atoms with Crippen molar-refractivity contribution < 1.29 is 0 Å². The molecular formula is C29H41S+. The summed E-state index contributed by atoms with van der Waals surface area (Å²) in [6, 6.07) is 20.5. The van der Waals surface area contributed by atoms with Crippen LogP contribution in [0.2, 0.25) is 0 Å². The molecule has 0 aliphatic carbocycles. The van der Waals surface area contributed by atoms with Gasteiger partial charge in [-0.1, -0.05) is 90.5 Å². The zero-order valence-electron chi connectivity index (χ0n) is 19.6. The van der Waals surface area contributed by atoms with Crippen LogP contribution in [-0.4, -0.2) is 0 Å². The molecule has 3 atom stereocenters. The van der Waals surface area contributed by atoms with Crippen molar-refractivity contribution in [3.05, 3.63) is 65.5 Å². The Kier molecular flexibility index (Phi) is 9.00. The molecule has 0 N–H and O–H groups in total. The summed E-state index contributed by atoms with van der Waals surface area (Å²) in [6.07, 6.45) is 11.0. The van der Waals surface area contributed by atoms with E-state index in [-0.39, 0.29) is 10.5 Å². The fourth-order valence-corrected chi connectivity index (χ4v) is 6.35. The minimum atomic E-state index is 0.124. The number of unbranched alkanes of at least 4 members (excludes halogenated alkanes) is 5. The van der Waals surface area contributed by atoms with Gasteiger partial charge in [0.2, 0.25) is 0 Å². The van der Waals surface area contributed by atoms with Gasteiger partial charge >= 0.3 is 0 Å². The molecule has 0 amide bonds. The smallest absolute Gasteiger partial charge is 0.0625 e. The Hall–Kier alpha value is -1.60. The first-order chi connectivity index (χ1) is 14.6. The van der Waals surface area contributed by atoms with E-state index in [1.54, 1.807) is 0 Å². The third-order valence-corrected chi connectivity index (χ3v) is 9.07. The maximum absolute atomic E-state index is 2.44. The van der Waals surface area contributed by atoms with Crippen molar-refractivity contribution in [3.8, 4) is 4.90 Å². The van der Waals surface area contributed by atoms with Crippen LogP contribution in [0.5, 0.6) is 0 Å². The fourth-order valence-electron chi connectivity index (χ4n) is 4.46. The van der Waals surface area contributed by atoms with Crippen molar-refractivity contribution in [1.82, 2.24) is 0 Å². The first kappa shape index (κ1) is 23.1. The maximum atomic E-state index is 2.44. The lowest BCUT2D eigenvalue weighted by Crippen LogP contribution is -2.14. The van der Waals surface area contributed by atoms with E-state index in [9.17, 15) is 0 Å². The molecule has 162 valence electrons. The summed E-state index contributed by atoms with van der Waals surface area (Å²) in [6.45, 7) is 9.59. The number of thiophene rings is 1. The van der Waals surface area contributed by atoms with Gasteiger partial charge in [0, 0.05) is 21.9 Å². The summed E-state index contributed by atoms with van der Waals surface area (Å²) in [5, 5.41) is 3.75. The third-order valence-electron chi connectivity index (χ3n) is 7.04. The Labute approximate surface area is 187 Å². The van der Waals surface area contributed by atoms with Crippen LogP contribution in [0.3, 0.4) is 0 Å². The van der Waals surface area contributed by atoms with Gasteiger partial charge in [-0.15, -0.1) is 0 Å². The number of rotatable bonds is 12. The molecule has 2 aromatic carbocycles. The molecule has 0 nitrogen and oxygen atoms in total. The van der Waals surface area contributed by atoms with Crippen molar-refractivity contribution in [2.24, 2.45) is 17.8 Å². The molecule has 1 heterocycles. The Bertz CT molecular complexity index is 871. The lowest BCUT2D eigenvalue weighted by atomic mass is 9.83. The van der Waals surface area contributed by atoms with Gasteiger partial charge in [-0.05, 0) is 60.4 Å². The largest absolute Gasteiger partial charge is 0.186 e. The third kappa shape index (κ3) is 6.45. The molecule has 0 bridgehead atoms. The second-order valence-electron chi connectivity index (χ2n) is 9.56. The number of hydrogen-bond donors (Lipinski definition) is 0. The van der Waals surface area contributed by atoms with Gasteiger partial charge in [0.15, 0.2) is 9.60 Å². The number of fused-ring (bicyclic) bond motifs is 1. The number of aryl methyl sites for hydroxylation is 1. The van der Waals surface area contributed by atoms with Gasteiger partial charge < -0.3 is 0 Å². The molecule has 0 radical (unpaired) electrons. The van der Waals surface area contributed by atoms with Crippen LogP contribution in [0.1, 0.15) is 78.2 Å². The van der Waals surface area contributed by atoms with Crippen LogP contribution in [-0.2, 0) is 6.42 Å². The maximum Gasteiger partial charge on any atom is 0.186 e. The predicted octanol–water partition coefficient (Wildman–Crippen LogP) is 9.78. The van der Waals surface area contributed by atoms with E-state index in [1.165, 1.54) is 71.9 Å². The van der Waals surface area contributed by atoms with E-state index in [4.69, 9.17) is 0 Å².